The molecule has 0 heterocycles. The number of halogens is 3. The number of alkyl carbamates (subject to hydrolysis) is 1. The third kappa shape index (κ3) is 9.76. The number of alkyl halides is 3. The Morgan fingerprint density at radius 3 is 2.18 bits per heavy atom. The van der Waals surface area contributed by atoms with E-state index in [1.807, 2.05) is 5.32 Å². The third-order valence-corrected chi connectivity index (χ3v) is 4.57. The first-order valence-electron chi connectivity index (χ1n) is 9.87. The van der Waals surface area contributed by atoms with E-state index in [1.54, 1.807) is 30.3 Å². The topological polar surface area (TPSA) is 160 Å². The zero-order valence-corrected chi connectivity index (χ0v) is 18.0. The van der Waals surface area contributed by atoms with Gasteiger partial charge in [-0.3, -0.25) is 14.4 Å². The highest BCUT2D eigenvalue weighted by Crippen LogP contribution is 2.24. The standard InChI is InChI=1S/C20H27F3N4O6/c1-11(17(30)26-13(8-9-15(24)28)16(29)20(21,22)23)25-18(31)14(27-19(32)33-2)10-12-6-4-3-5-7-12/h3-7,11,13-14,16,29H,8-10H2,1-2H3,(H2,24,28)(H,25,31)(H,26,30)(H,27,32)/t11-,13?,14-,16?/m0/s1. The van der Waals surface area contributed by atoms with E-state index in [-0.39, 0.29) is 6.42 Å². The van der Waals surface area contributed by atoms with Crippen LogP contribution in [0.3, 0.4) is 0 Å². The van der Waals surface area contributed by atoms with Crippen molar-refractivity contribution in [3.63, 3.8) is 0 Å². The maximum atomic E-state index is 12.9. The molecule has 4 amide bonds. The number of aliphatic hydroxyl groups excluding tert-OH is 1. The Hall–Kier alpha value is -3.35. The van der Waals surface area contributed by atoms with Gasteiger partial charge in [0.05, 0.1) is 13.2 Å². The van der Waals surface area contributed by atoms with Crippen molar-refractivity contribution in [3.8, 4) is 0 Å². The van der Waals surface area contributed by atoms with Gasteiger partial charge in [0.1, 0.15) is 12.1 Å². The smallest absolute Gasteiger partial charge is 0.416 e. The predicted molar refractivity (Wildman–Crippen MR) is 110 cm³/mol. The first-order valence-corrected chi connectivity index (χ1v) is 9.87. The maximum Gasteiger partial charge on any atom is 0.416 e. The molecular weight excluding hydrogens is 449 g/mol. The van der Waals surface area contributed by atoms with Gasteiger partial charge >= 0.3 is 12.3 Å². The van der Waals surface area contributed by atoms with E-state index in [2.05, 4.69) is 15.4 Å². The molecule has 1 aromatic carbocycles. The quantitative estimate of drug-likeness (QED) is 0.305. The molecule has 0 saturated heterocycles. The fourth-order valence-corrected chi connectivity index (χ4v) is 2.78. The van der Waals surface area contributed by atoms with Crippen LogP contribution in [-0.2, 0) is 25.5 Å². The van der Waals surface area contributed by atoms with Crippen molar-refractivity contribution < 1.29 is 42.2 Å². The van der Waals surface area contributed by atoms with E-state index in [4.69, 9.17) is 5.73 Å². The number of hydrogen-bond acceptors (Lipinski definition) is 6. The van der Waals surface area contributed by atoms with Crippen molar-refractivity contribution in [2.45, 2.75) is 56.6 Å². The molecule has 0 fully saturated rings. The summed E-state index contributed by atoms with van der Waals surface area (Å²) in [4.78, 5) is 47.6. The van der Waals surface area contributed by atoms with Crippen molar-refractivity contribution >= 4 is 23.8 Å². The number of methoxy groups -OCH3 is 1. The summed E-state index contributed by atoms with van der Waals surface area (Å²) < 4.78 is 43.2. The second-order valence-electron chi connectivity index (χ2n) is 7.22. The molecule has 0 aromatic heterocycles. The monoisotopic (exact) mass is 476 g/mol. The molecular formula is C20H27F3N4O6. The van der Waals surface area contributed by atoms with Gasteiger partial charge in [-0.05, 0) is 18.9 Å². The highest BCUT2D eigenvalue weighted by atomic mass is 19.4. The minimum Gasteiger partial charge on any atom is -0.453 e. The summed E-state index contributed by atoms with van der Waals surface area (Å²) in [6.07, 6.45) is -9.94. The zero-order chi connectivity index (χ0) is 25.2. The Morgan fingerprint density at radius 1 is 1.06 bits per heavy atom. The number of nitrogens with one attached hydrogen (secondary N) is 3. The Morgan fingerprint density at radius 2 is 1.67 bits per heavy atom. The summed E-state index contributed by atoms with van der Waals surface area (Å²) in [5, 5.41) is 16.1. The van der Waals surface area contributed by atoms with Crippen LogP contribution in [0.1, 0.15) is 25.3 Å². The fourth-order valence-electron chi connectivity index (χ4n) is 2.78. The highest BCUT2D eigenvalue weighted by Gasteiger charge is 2.44. The molecule has 0 radical (unpaired) electrons. The number of benzene rings is 1. The number of primary amides is 1. The van der Waals surface area contributed by atoms with E-state index in [1.165, 1.54) is 6.92 Å². The first-order chi connectivity index (χ1) is 15.3. The molecule has 1 rings (SSSR count). The van der Waals surface area contributed by atoms with Crippen LogP contribution in [-0.4, -0.2) is 66.4 Å². The SMILES string of the molecule is COC(=O)N[C@@H](Cc1ccccc1)C(=O)N[C@@H](C)C(=O)NC(CCC(N)=O)C(O)C(F)(F)F. The van der Waals surface area contributed by atoms with Crippen LogP contribution in [0.4, 0.5) is 18.0 Å². The number of carbonyl (C=O) groups excluding carboxylic acids is 4. The lowest BCUT2D eigenvalue weighted by atomic mass is 10.0. The highest BCUT2D eigenvalue weighted by molar-refractivity contribution is 5.91. The van der Waals surface area contributed by atoms with E-state index >= 15 is 0 Å². The minimum absolute atomic E-state index is 0.0458. The lowest BCUT2D eigenvalue weighted by Gasteiger charge is -2.27. The average Bonchev–Trinajstić information content (AvgIpc) is 2.75. The lowest BCUT2D eigenvalue weighted by Crippen LogP contribution is -2.57. The number of ether oxygens (including phenoxy) is 1. The normalized spacial score (nSPS) is 14.8. The number of amides is 4. The van der Waals surface area contributed by atoms with Crippen molar-refractivity contribution in [1.29, 1.82) is 0 Å². The summed E-state index contributed by atoms with van der Waals surface area (Å²) in [6, 6.07) is 4.25. The van der Waals surface area contributed by atoms with Crippen LogP contribution in [0.25, 0.3) is 0 Å². The second-order valence-corrected chi connectivity index (χ2v) is 7.22. The van der Waals surface area contributed by atoms with Gasteiger partial charge in [-0.25, -0.2) is 4.79 Å². The van der Waals surface area contributed by atoms with E-state index in [0.717, 1.165) is 7.11 Å². The molecule has 33 heavy (non-hydrogen) atoms. The van der Waals surface area contributed by atoms with Crippen molar-refractivity contribution in [2.75, 3.05) is 7.11 Å². The van der Waals surface area contributed by atoms with Crippen LogP contribution in [0, 0.1) is 0 Å². The van der Waals surface area contributed by atoms with Gasteiger partial charge in [-0.15, -0.1) is 0 Å². The molecule has 13 heteroatoms. The number of rotatable bonds is 11. The molecule has 1 aromatic rings. The summed E-state index contributed by atoms with van der Waals surface area (Å²) in [6.45, 7) is 1.20. The number of aliphatic hydroxyl groups is 1. The Bertz CT molecular complexity index is 822. The summed E-state index contributed by atoms with van der Waals surface area (Å²) in [7, 11) is 1.10. The van der Waals surface area contributed by atoms with E-state index in [9.17, 15) is 37.5 Å². The molecule has 0 aliphatic carbocycles. The third-order valence-electron chi connectivity index (χ3n) is 4.57. The fraction of sp³-hybridized carbons (Fsp3) is 0.500. The van der Waals surface area contributed by atoms with Gasteiger partial charge in [-0.2, -0.15) is 13.2 Å². The molecule has 6 N–H and O–H groups in total. The average molecular weight is 476 g/mol. The molecule has 4 atom stereocenters. The van der Waals surface area contributed by atoms with Crippen molar-refractivity contribution in [1.82, 2.24) is 16.0 Å². The van der Waals surface area contributed by atoms with Crippen LogP contribution < -0.4 is 21.7 Å². The summed E-state index contributed by atoms with van der Waals surface area (Å²) in [5.74, 6) is -2.75. The maximum absolute atomic E-state index is 12.9. The first kappa shape index (κ1) is 27.7. The number of carbonyl (C=O) groups is 4. The Labute approximate surface area is 188 Å². The predicted octanol–water partition coefficient (Wildman–Crippen LogP) is 0.132. The zero-order valence-electron chi connectivity index (χ0n) is 18.0. The van der Waals surface area contributed by atoms with Crippen LogP contribution in [0.2, 0.25) is 0 Å². The van der Waals surface area contributed by atoms with Crippen molar-refractivity contribution in [3.05, 3.63) is 35.9 Å². The van der Waals surface area contributed by atoms with Crippen molar-refractivity contribution in [2.24, 2.45) is 5.73 Å². The van der Waals surface area contributed by atoms with Gasteiger partial charge < -0.3 is 31.5 Å². The lowest BCUT2D eigenvalue weighted by molar-refractivity contribution is -0.212. The molecule has 184 valence electrons. The molecule has 0 bridgehead atoms. The number of nitrogens with two attached hydrogens (primary N) is 1. The number of hydrogen-bond donors (Lipinski definition) is 5. The molecule has 2 unspecified atom stereocenters. The van der Waals surface area contributed by atoms with Crippen LogP contribution in [0.5, 0.6) is 0 Å². The minimum atomic E-state index is -5.06. The Balaban J connectivity index is 2.88. The molecule has 0 aliphatic heterocycles. The van der Waals surface area contributed by atoms with Gasteiger partial charge in [0.2, 0.25) is 17.7 Å². The second kappa shape index (κ2) is 12.6. The summed E-state index contributed by atoms with van der Waals surface area (Å²) in [5.41, 5.74) is 5.62. The van der Waals surface area contributed by atoms with E-state index in [0.29, 0.717) is 5.56 Å². The Kier molecular flexibility index (Phi) is 10.6. The van der Waals surface area contributed by atoms with Gasteiger partial charge in [-0.1, -0.05) is 30.3 Å². The molecule has 0 saturated carbocycles. The molecule has 0 aliphatic rings. The molecule has 10 nitrogen and oxygen atoms in total. The van der Waals surface area contributed by atoms with E-state index < -0.39 is 67.1 Å². The van der Waals surface area contributed by atoms with Gasteiger partial charge in [0, 0.05) is 12.8 Å². The van der Waals surface area contributed by atoms with Gasteiger partial charge in [0.25, 0.3) is 0 Å². The molecule has 0 spiro atoms. The van der Waals surface area contributed by atoms with Crippen LogP contribution >= 0.6 is 0 Å². The van der Waals surface area contributed by atoms with Crippen LogP contribution in [0.15, 0.2) is 30.3 Å². The summed E-state index contributed by atoms with van der Waals surface area (Å²) >= 11 is 0. The largest absolute Gasteiger partial charge is 0.453 e. The van der Waals surface area contributed by atoms with Gasteiger partial charge in [0.15, 0.2) is 6.10 Å².